The van der Waals surface area contributed by atoms with Crippen molar-refractivity contribution in [2.75, 3.05) is 25.1 Å². The molecule has 0 aliphatic carbocycles. The van der Waals surface area contributed by atoms with E-state index >= 15 is 0 Å². The molecule has 27 heavy (non-hydrogen) atoms. The third-order valence-electron chi connectivity index (χ3n) is 4.34. The van der Waals surface area contributed by atoms with Crippen LogP contribution in [-0.2, 0) is 14.3 Å². The zero-order valence-electron chi connectivity index (χ0n) is 15.3. The maximum Gasteiger partial charge on any atom is 0.278 e. The lowest BCUT2D eigenvalue weighted by molar-refractivity contribution is -0.137. The van der Waals surface area contributed by atoms with E-state index < -0.39 is 0 Å². The van der Waals surface area contributed by atoms with Crippen LogP contribution in [-0.4, -0.2) is 36.5 Å². The van der Waals surface area contributed by atoms with E-state index in [2.05, 4.69) is 5.32 Å². The lowest BCUT2D eigenvalue weighted by Crippen LogP contribution is -2.34. The van der Waals surface area contributed by atoms with Gasteiger partial charge in [0.2, 0.25) is 0 Å². The molecule has 0 radical (unpaired) electrons. The lowest BCUT2D eigenvalue weighted by Gasteiger charge is -2.15. The normalized spacial score (nSPS) is 14.4. The molecule has 0 atom stereocenters. The summed E-state index contributed by atoms with van der Waals surface area (Å²) in [5.41, 5.74) is 2.24. The molecule has 5 nitrogen and oxygen atoms in total. The van der Waals surface area contributed by atoms with E-state index in [4.69, 9.17) is 16.3 Å². The third-order valence-corrected chi connectivity index (χ3v) is 5.63. The van der Waals surface area contributed by atoms with Crippen molar-refractivity contribution in [3.63, 3.8) is 0 Å². The summed E-state index contributed by atoms with van der Waals surface area (Å²) < 4.78 is 5.32. The average Bonchev–Trinajstić information content (AvgIpc) is 3.25. The van der Waals surface area contributed by atoms with Crippen molar-refractivity contribution in [3.8, 4) is 0 Å². The van der Waals surface area contributed by atoms with E-state index in [0.29, 0.717) is 48.2 Å². The molecule has 0 unspecified atom stereocenters. The Bertz CT molecular complexity index is 877. The molecule has 142 valence electrons. The van der Waals surface area contributed by atoms with Crippen LogP contribution in [0.25, 0.3) is 5.57 Å². The van der Waals surface area contributed by atoms with Gasteiger partial charge in [-0.1, -0.05) is 23.7 Å². The number of hydrogen-bond acceptors (Lipinski definition) is 5. The zero-order valence-corrected chi connectivity index (χ0v) is 16.8. The highest BCUT2D eigenvalue weighted by Crippen LogP contribution is 2.34. The Labute approximate surface area is 167 Å². The van der Waals surface area contributed by atoms with E-state index in [-0.39, 0.29) is 11.8 Å². The fraction of sp³-hybridized carbons (Fsp3) is 0.300. The fourth-order valence-electron chi connectivity index (χ4n) is 2.89. The van der Waals surface area contributed by atoms with Crippen molar-refractivity contribution in [2.24, 2.45) is 0 Å². The number of carbonyl (C=O) groups excluding carboxylic acids is 2. The van der Waals surface area contributed by atoms with Gasteiger partial charge in [-0.25, -0.2) is 0 Å². The second-order valence-corrected chi connectivity index (χ2v) is 7.43. The van der Waals surface area contributed by atoms with Crippen molar-refractivity contribution in [1.82, 2.24) is 4.90 Å². The predicted molar refractivity (Wildman–Crippen MR) is 109 cm³/mol. The van der Waals surface area contributed by atoms with Gasteiger partial charge in [0.05, 0.1) is 5.57 Å². The van der Waals surface area contributed by atoms with Gasteiger partial charge in [0.25, 0.3) is 11.8 Å². The molecule has 0 spiro atoms. The maximum atomic E-state index is 13.0. The number of amides is 2. The summed E-state index contributed by atoms with van der Waals surface area (Å²) in [5.74, 6) is -0.597. The SMILES string of the molecule is CCOCCCN1C(=O)C(Nc2cccc(Cl)c2C)=C(c2cccs2)C1=O. The summed E-state index contributed by atoms with van der Waals surface area (Å²) in [6.07, 6.45) is 0.604. The van der Waals surface area contributed by atoms with Crippen molar-refractivity contribution >= 4 is 46.0 Å². The second kappa shape index (κ2) is 8.69. The molecule has 1 aromatic heterocycles. The van der Waals surface area contributed by atoms with Gasteiger partial charge in [0.1, 0.15) is 5.70 Å². The van der Waals surface area contributed by atoms with E-state index in [0.717, 1.165) is 10.4 Å². The number of rotatable bonds is 8. The average molecular weight is 405 g/mol. The van der Waals surface area contributed by atoms with Crippen LogP contribution in [0.5, 0.6) is 0 Å². The Morgan fingerprint density at radius 3 is 2.70 bits per heavy atom. The van der Waals surface area contributed by atoms with E-state index in [1.165, 1.54) is 16.2 Å². The van der Waals surface area contributed by atoms with Crippen LogP contribution in [0.3, 0.4) is 0 Å². The van der Waals surface area contributed by atoms with Gasteiger partial charge in [-0.2, -0.15) is 0 Å². The Morgan fingerprint density at radius 2 is 2.00 bits per heavy atom. The summed E-state index contributed by atoms with van der Waals surface area (Å²) >= 11 is 7.63. The topological polar surface area (TPSA) is 58.6 Å². The summed E-state index contributed by atoms with van der Waals surface area (Å²) in [6, 6.07) is 9.16. The van der Waals surface area contributed by atoms with Crippen LogP contribution in [0.4, 0.5) is 5.69 Å². The van der Waals surface area contributed by atoms with Crippen LogP contribution in [0.2, 0.25) is 5.02 Å². The van der Waals surface area contributed by atoms with Crippen molar-refractivity contribution in [3.05, 3.63) is 56.9 Å². The van der Waals surface area contributed by atoms with Gasteiger partial charge in [-0.3, -0.25) is 14.5 Å². The summed E-state index contributed by atoms with van der Waals surface area (Å²) in [6.45, 7) is 5.24. The van der Waals surface area contributed by atoms with Crippen molar-refractivity contribution < 1.29 is 14.3 Å². The van der Waals surface area contributed by atoms with Gasteiger partial charge in [0, 0.05) is 35.3 Å². The molecule has 2 amide bonds. The lowest BCUT2D eigenvalue weighted by atomic mass is 10.1. The number of ether oxygens (including phenoxy) is 1. The number of anilines is 1. The number of benzene rings is 1. The highest BCUT2D eigenvalue weighted by molar-refractivity contribution is 7.11. The van der Waals surface area contributed by atoms with Crippen LogP contribution < -0.4 is 5.32 Å². The highest BCUT2D eigenvalue weighted by Gasteiger charge is 2.39. The quantitative estimate of drug-likeness (QED) is 0.525. The van der Waals surface area contributed by atoms with E-state index in [1.54, 1.807) is 6.07 Å². The summed E-state index contributed by atoms with van der Waals surface area (Å²) in [7, 11) is 0. The van der Waals surface area contributed by atoms with Crippen molar-refractivity contribution in [1.29, 1.82) is 0 Å². The first-order chi connectivity index (χ1) is 13.0. The fourth-order valence-corrected chi connectivity index (χ4v) is 3.83. The first-order valence-corrected chi connectivity index (χ1v) is 10.0. The minimum absolute atomic E-state index is 0.277. The molecule has 2 aromatic rings. The number of hydrogen-bond donors (Lipinski definition) is 1. The van der Waals surface area contributed by atoms with Gasteiger partial charge in [0.15, 0.2) is 0 Å². The first-order valence-electron chi connectivity index (χ1n) is 8.78. The molecular formula is C20H21ClN2O3S. The summed E-state index contributed by atoms with van der Waals surface area (Å²) in [5, 5.41) is 5.65. The Morgan fingerprint density at radius 1 is 1.19 bits per heavy atom. The Balaban J connectivity index is 1.92. The van der Waals surface area contributed by atoms with Crippen molar-refractivity contribution in [2.45, 2.75) is 20.3 Å². The van der Waals surface area contributed by atoms with Crippen LogP contribution in [0.15, 0.2) is 41.4 Å². The van der Waals surface area contributed by atoms with Crippen LogP contribution in [0, 0.1) is 6.92 Å². The largest absolute Gasteiger partial charge is 0.382 e. The standard InChI is InChI=1S/C20H21ClN2O3S/c1-3-26-11-6-10-23-19(24)17(16-9-5-12-27-16)18(20(23)25)22-15-8-4-7-14(21)13(15)2/h4-5,7-9,12,22H,3,6,10-11H2,1-2H3. The molecule has 0 bridgehead atoms. The minimum atomic E-state index is -0.320. The number of halogens is 1. The smallest absolute Gasteiger partial charge is 0.278 e. The highest BCUT2D eigenvalue weighted by atomic mass is 35.5. The molecule has 0 saturated heterocycles. The molecule has 3 rings (SSSR count). The predicted octanol–water partition coefficient (Wildman–Crippen LogP) is 4.33. The summed E-state index contributed by atoms with van der Waals surface area (Å²) in [4.78, 5) is 28.0. The monoisotopic (exact) mass is 404 g/mol. The molecule has 7 heteroatoms. The molecule has 1 N–H and O–H groups in total. The minimum Gasteiger partial charge on any atom is -0.382 e. The molecule has 2 heterocycles. The zero-order chi connectivity index (χ0) is 19.4. The number of carbonyl (C=O) groups is 2. The molecule has 1 aromatic carbocycles. The second-order valence-electron chi connectivity index (χ2n) is 6.08. The van der Waals surface area contributed by atoms with Crippen LogP contribution >= 0.6 is 22.9 Å². The molecule has 1 aliphatic heterocycles. The van der Waals surface area contributed by atoms with Gasteiger partial charge in [-0.15, -0.1) is 11.3 Å². The van der Waals surface area contributed by atoms with E-state index in [1.807, 2.05) is 43.5 Å². The number of nitrogens with one attached hydrogen (secondary N) is 1. The van der Waals surface area contributed by atoms with Crippen LogP contribution in [0.1, 0.15) is 23.8 Å². The number of thiophene rings is 1. The molecule has 0 saturated carbocycles. The Kier molecular flexibility index (Phi) is 6.31. The van der Waals surface area contributed by atoms with E-state index in [9.17, 15) is 9.59 Å². The number of nitrogens with zero attached hydrogens (tertiary/aromatic N) is 1. The first kappa shape index (κ1) is 19.6. The van der Waals surface area contributed by atoms with Gasteiger partial charge >= 0.3 is 0 Å². The van der Waals surface area contributed by atoms with Gasteiger partial charge < -0.3 is 10.1 Å². The molecular weight excluding hydrogens is 384 g/mol. The number of imide groups is 1. The molecule has 1 aliphatic rings. The van der Waals surface area contributed by atoms with Gasteiger partial charge in [-0.05, 0) is 49.4 Å². The Hall–Kier alpha value is -2.15. The molecule has 0 fully saturated rings. The third kappa shape index (κ3) is 4.08. The maximum absolute atomic E-state index is 13.0.